The average molecular weight is 279 g/mol. The van der Waals surface area contributed by atoms with Gasteiger partial charge in [-0.15, -0.1) is 0 Å². The molecule has 0 radical (unpaired) electrons. The number of hydrogen-bond acceptors (Lipinski definition) is 2. The van der Waals surface area contributed by atoms with Gasteiger partial charge in [-0.25, -0.2) is 4.98 Å². The maximum atomic E-state index is 11.6. The molecule has 0 aliphatic carbocycles. The molecule has 0 bridgehead atoms. The highest BCUT2D eigenvalue weighted by atomic mass is 16.1. The molecule has 2 heterocycles. The fourth-order valence-corrected chi connectivity index (χ4v) is 2.46. The van der Waals surface area contributed by atoms with Gasteiger partial charge in [0, 0.05) is 24.3 Å². The summed E-state index contributed by atoms with van der Waals surface area (Å²) in [6.07, 6.45) is 4.12. The summed E-state index contributed by atoms with van der Waals surface area (Å²) in [6.45, 7) is 2.59. The van der Waals surface area contributed by atoms with Crippen molar-refractivity contribution in [3.63, 3.8) is 0 Å². The number of aromatic nitrogens is 2. The zero-order valence-corrected chi connectivity index (χ0v) is 11.9. The fourth-order valence-electron chi connectivity index (χ4n) is 2.46. The number of amides is 1. The minimum absolute atomic E-state index is 0.0576. The van der Waals surface area contributed by atoms with Gasteiger partial charge in [-0.2, -0.15) is 0 Å². The lowest BCUT2D eigenvalue weighted by Crippen LogP contribution is -2.24. The molecule has 1 aromatic carbocycles. The molecule has 0 atom stereocenters. The van der Waals surface area contributed by atoms with Crippen LogP contribution in [0.25, 0.3) is 22.2 Å². The minimum Gasteiger partial charge on any atom is -0.356 e. The summed E-state index contributed by atoms with van der Waals surface area (Å²) in [5.41, 5.74) is 4.18. The Balaban J connectivity index is 1.87. The highest BCUT2D eigenvalue weighted by Crippen LogP contribution is 2.27. The lowest BCUT2D eigenvalue weighted by atomic mass is 10.0. The molecule has 2 N–H and O–H groups in total. The van der Waals surface area contributed by atoms with E-state index in [9.17, 15) is 4.79 Å². The standard InChI is InChI=1S/C17H17N3O/c1-2-18-16(21)11-12-3-5-13(6-4-12)14-7-9-19-17-15(14)8-10-20-17/h3-10H,2,11H2,1H3,(H,18,21)(H,19,20). The zero-order valence-electron chi connectivity index (χ0n) is 11.9. The molecule has 0 aliphatic rings. The Bertz CT molecular complexity index is 759. The van der Waals surface area contributed by atoms with Crippen molar-refractivity contribution < 1.29 is 4.79 Å². The Morgan fingerprint density at radius 2 is 2.00 bits per heavy atom. The Kier molecular flexibility index (Phi) is 3.69. The molecule has 4 nitrogen and oxygen atoms in total. The third-order valence-electron chi connectivity index (χ3n) is 3.46. The number of likely N-dealkylation sites (N-methyl/N-ethyl adjacent to an activating group) is 1. The number of fused-ring (bicyclic) bond motifs is 1. The molecular weight excluding hydrogens is 262 g/mol. The SMILES string of the molecule is CCNC(=O)Cc1ccc(-c2ccnc3[nH]ccc23)cc1. The van der Waals surface area contributed by atoms with Crippen LogP contribution >= 0.6 is 0 Å². The molecule has 3 rings (SSSR count). The topological polar surface area (TPSA) is 57.8 Å². The van der Waals surface area contributed by atoms with E-state index >= 15 is 0 Å². The van der Waals surface area contributed by atoms with E-state index < -0.39 is 0 Å². The maximum absolute atomic E-state index is 11.6. The second-order valence-electron chi connectivity index (χ2n) is 4.93. The molecule has 3 aromatic rings. The maximum Gasteiger partial charge on any atom is 0.224 e. The van der Waals surface area contributed by atoms with E-state index in [1.165, 1.54) is 0 Å². The summed E-state index contributed by atoms with van der Waals surface area (Å²) in [7, 11) is 0. The van der Waals surface area contributed by atoms with Gasteiger partial charge in [-0.05, 0) is 35.7 Å². The van der Waals surface area contributed by atoms with Gasteiger partial charge in [0.1, 0.15) is 5.65 Å². The van der Waals surface area contributed by atoms with Gasteiger partial charge in [0.25, 0.3) is 0 Å². The molecule has 1 amide bonds. The number of nitrogens with one attached hydrogen (secondary N) is 2. The lowest BCUT2D eigenvalue weighted by molar-refractivity contribution is -0.120. The first kappa shape index (κ1) is 13.4. The predicted molar refractivity (Wildman–Crippen MR) is 83.9 cm³/mol. The second kappa shape index (κ2) is 5.79. The van der Waals surface area contributed by atoms with Gasteiger partial charge in [0.15, 0.2) is 0 Å². The number of carbonyl (C=O) groups excluding carboxylic acids is 1. The van der Waals surface area contributed by atoms with Gasteiger partial charge in [0.05, 0.1) is 6.42 Å². The monoisotopic (exact) mass is 279 g/mol. The van der Waals surface area contributed by atoms with E-state index in [-0.39, 0.29) is 5.91 Å². The van der Waals surface area contributed by atoms with E-state index in [0.29, 0.717) is 13.0 Å². The van der Waals surface area contributed by atoms with Gasteiger partial charge in [-0.1, -0.05) is 24.3 Å². The van der Waals surface area contributed by atoms with Gasteiger partial charge in [-0.3, -0.25) is 4.79 Å². The Morgan fingerprint density at radius 3 is 2.76 bits per heavy atom. The van der Waals surface area contributed by atoms with Crippen LogP contribution in [0, 0.1) is 0 Å². The van der Waals surface area contributed by atoms with Gasteiger partial charge < -0.3 is 10.3 Å². The highest BCUT2D eigenvalue weighted by Gasteiger charge is 2.06. The molecule has 4 heteroatoms. The first-order valence-corrected chi connectivity index (χ1v) is 7.06. The van der Waals surface area contributed by atoms with Gasteiger partial charge >= 0.3 is 0 Å². The number of benzene rings is 1. The quantitative estimate of drug-likeness (QED) is 0.771. The fraction of sp³-hybridized carbons (Fsp3) is 0.176. The molecule has 21 heavy (non-hydrogen) atoms. The van der Waals surface area contributed by atoms with Crippen LogP contribution in [0.15, 0.2) is 48.8 Å². The van der Waals surface area contributed by atoms with E-state index in [0.717, 1.165) is 27.7 Å². The Hall–Kier alpha value is -2.62. The van der Waals surface area contributed by atoms with Crippen LogP contribution < -0.4 is 5.32 Å². The first-order chi connectivity index (χ1) is 10.3. The predicted octanol–water partition coefficient (Wildman–Crippen LogP) is 2.91. The number of rotatable bonds is 4. The van der Waals surface area contributed by atoms with Crippen LogP contribution in [0.2, 0.25) is 0 Å². The smallest absolute Gasteiger partial charge is 0.224 e. The van der Waals surface area contributed by atoms with Crippen molar-refractivity contribution >= 4 is 16.9 Å². The summed E-state index contributed by atoms with van der Waals surface area (Å²) >= 11 is 0. The van der Waals surface area contributed by atoms with Crippen LogP contribution in [0.4, 0.5) is 0 Å². The van der Waals surface area contributed by atoms with Crippen molar-refractivity contribution in [3.8, 4) is 11.1 Å². The van der Waals surface area contributed by atoms with Crippen LogP contribution in [0.3, 0.4) is 0 Å². The first-order valence-electron chi connectivity index (χ1n) is 7.06. The van der Waals surface area contributed by atoms with E-state index in [4.69, 9.17) is 0 Å². The molecule has 2 aromatic heterocycles. The number of hydrogen-bond donors (Lipinski definition) is 2. The Morgan fingerprint density at radius 1 is 1.19 bits per heavy atom. The lowest BCUT2D eigenvalue weighted by Gasteiger charge is -2.06. The molecule has 0 aliphatic heterocycles. The van der Waals surface area contributed by atoms with Crippen molar-refractivity contribution in [3.05, 3.63) is 54.4 Å². The molecule has 0 saturated carbocycles. The van der Waals surface area contributed by atoms with E-state index in [1.54, 1.807) is 6.20 Å². The molecule has 0 spiro atoms. The highest BCUT2D eigenvalue weighted by molar-refractivity contribution is 5.92. The molecule has 106 valence electrons. The zero-order chi connectivity index (χ0) is 14.7. The number of aromatic amines is 1. The summed E-state index contributed by atoms with van der Waals surface area (Å²) in [6, 6.07) is 12.1. The largest absolute Gasteiger partial charge is 0.356 e. The van der Waals surface area contributed by atoms with Crippen molar-refractivity contribution in [2.24, 2.45) is 0 Å². The number of nitrogens with zero attached hydrogens (tertiary/aromatic N) is 1. The molecular formula is C17H17N3O. The normalized spacial score (nSPS) is 10.7. The summed E-state index contributed by atoms with van der Waals surface area (Å²) in [5.74, 6) is 0.0576. The molecule has 0 fully saturated rings. The van der Waals surface area contributed by atoms with Crippen LogP contribution in [0.5, 0.6) is 0 Å². The van der Waals surface area contributed by atoms with Crippen molar-refractivity contribution in [2.45, 2.75) is 13.3 Å². The third kappa shape index (κ3) is 2.79. The summed E-state index contributed by atoms with van der Waals surface area (Å²) < 4.78 is 0. The van der Waals surface area contributed by atoms with E-state index in [1.807, 2.05) is 37.4 Å². The van der Waals surface area contributed by atoms with Crippen LogP contribution in [-0.2, 0) is 11.2 Å². The second-order valence-corrected chi connectivity index (χ2v) is 4.93. The third-order valence-corrected chi connectivity index (χ3v) is 3.46. The minimum atomic E-state index is 0.0576. The number of pyridine rings is 1. The number of carbonyl (C=O) groups is 1. The van der Waals surface area contributed by atoms with Crippen molar-refractivity contribution in [2.75, 3.05) is 6.54 Å². The van der Waals surface area contributed by atoms with Crippen molar-refractivity contribution in [1.82, 2.24) is 15.3 Å². The molecule has 0 saturated heterocycles. The van der Waals surface area contributed by atoms with Gasteiger partial charge in [0.2, 0.25) is 5.91 Å². The van der Waals surface area contributed by atoms with Crippen molar-refractivity contribution in [1.29, 1.82) is 0 Å². The molecule has 0 unspecified atom stereocenters. The van der Waals surface area contributed by atoms with Crippen LogP contribution in [-0.4, -0.2) is 22.4 Å². The van der Waals surface area contributed by atoms with Crippen LogP contribution in [0.1, 0.15) is 12.5 Å². The van der Waals surface area contributed by atoms with E-state index in [2.05, 4.69) is 27.4 Å². The summed E-state index contributed by atoms with van der Waals surface area (Å²) in [5, 5.41) is 3.92. The number of H-pyrrole nitrogens is 1. The Labute approximate surface area is 123 Å². The average Bonchev–Trinajstić information content (AvgIpc) is 2.97. The summed E-state index contributed by atoms with van der Waals surface area (Å²) in [4.78, 5) is 19.0.